The Morgan fingerprint density at radius 2 is 1.67 bits per heavy atom. The van der Waals surface area contributed by atoms with E-state index in [0.29, 0.717) is 24.9 Å². The van der Waals surface area contributed by atoms with Gasteiger partial charge in [-0.3, -0.25) is 4.90 Å². The molecular formula is C27H29F6N3O3. The third-order valence-corrected chi connectivity index (χ3v) is 7.96. The van der Waals surface area contributed by atoms with Gasteiger partial charge in [-0.05, 0) is 63.4 Å². The van der Waals surface area contributed by atoms with Crippen molar-refractivity contribution in [2.75, 3.05) is 20.2 Å². The molecule has 12 heteroatoms. The van der Waals surface area contributed by atoms with E-state index >= 15 is 0 Å². The zero-order valence-electron chi connectivity index (χ0n) is 21.4. The predicted molar refractivity (Wildman–Crippen MR) is 130 cm³/mol. The number of hydrogen-bond acceptors (Lipinski definition) is 5. The number of imidazole rings is 1. The van der Waals surface area contributed by atoms with Gasteiger partial charge >= 0.3 is 12.4 Å². The summed E-state index contributed by atoms with van der Waals surface area (Å²) in [6.45, 7) is 2.00. The highest BCUT2D eigenvalue weighted by Gasteiger charge is 2.43. The number of benzene rings is 2. The molecule has 0 unspecified atom stereocenters. The number of halogens is 6. The summed E-state index contributed by atoms with van der Waals surface area (Å²) in [4.78, 5) is 6.07. The molecule has 5 rings (SSSR count). The third kappa shape index (κ3) is 5.46. The summed E-state index contributed by atoms with van der Waals surface area (Å²) in [5, 5.41) is 21.3. The van der Waals surface area contributed by atoms with Crippen LogP contribution >= 0.6 is 0 Å². The zero-order chi connectivity index (χ0) is 28.4. The molecular weight excluding hydrogens is 528 g/mol. The molecule has 2 fully saturated rings. The van der Waals surface area contributed by atoms with Crippen LogP contribution in [-0.4, -0.2) is 56.5 Å². The molecule has 2 aromatic carbocycles. The number of piperidine rings is 1. The summed E-state index contributed by atoms with van der Waals surface area (Å²) >= 11 is 0. The molecule has 1 aliphatic heterocycles. The Kier molecular flexibility index (Phi) is 6.67. The second-order valence-electron chi connectivity index (χ2n) is 11.1. The van der Waals surface area contributed by atoms with E-state index in [2.05, 4.69) is 4.98 Å². The molecule has 212 valence electrons. The number of aromatic nitrogens is 2. The van der Waals surface area contributed by atoms with E-state index in [-0.39, 0.29) is 42.3 Å². The van der Waals surface area contributed by atoms with Crippen molar-refractivity contribution in [3.05, 3.63) is 59.4 Å². The fourth-order valence-electron chi connectivity index (χ4n) is 5.68. The number of likely N-dealkylation sites (N-methyl/N-ethyl adjacent to an activating group) is 1. The van der Waals surface area contributed by atoms with Crippen molar-refractivity contribution in [1.29, 1.82) is 0 Å². The normalized spacial score (nSPS) is 28.5. The van der Waals surface area contributed by atoms with Crippen molar-refractivity contribution in [2.45, 2.75) is 68.2 Å². The molecule has 0 radical (unpaired) electrons. The number of ether oxygens (including phenoxy) is 1. The molecule has 1 aromatic heterocycles. The minimum atomic E-state index is -4.67. The van der Waals surface area contributed by atoms with Crippen LogP contribution < -0.4 is 4.74 Å². The lowest BCUT2D eigenvalue weighted by Crippen LogP contribution is -2.49. The Morgan fingerprint density at radius 3 is 2.26 bits per heavy atom. The second kappa shape index (κ2) is 9.38. The first kappa shape index (κ1) is 27.7. The van der Waals surface area contributed by atoms with Gasteiger partial charge in [0.2, 0.25) is 0 Å². The number of aliphatic hydroxyl groups is 2. The predicted octanol–water partition coefficient (Wildman–Crippen LogP) is 5.52. The monoisotopic (exact) mass is 557 g/mol. The molecule has 2 aliphatic rings. The van der Waals surface area contributed by atoms with Gasteiger partial charge in [0.05, 0.1) is 39.7 Å². The van der Waals surface area contributed by atoms with Crippen molar-refractivity contribution in [3.8, 4) is 5.75 Å². The summed E-state index contributed by atoms with van der Waals surface area (Å²) in [5.74, 6) is -0.0299. The smallest absolute Gasteiger partial charge is 0.418 e. The van der Waals surface area contributed by atoms with Gasteiger partial charge in [0, 0.05) is 24.7 Å². The Balaban J connectivity index is 1.35. The van der Waals surface area contributed by atoms with Gasteiger partial charge in [0.15, 0.2) is 0 Å². The number of alkyl halides is 6. The van der Waals surface area contributed by atoms with Crippen LogP contribution in [0.15, 0.2) is 42.7 Å². The van der Waals surface area contributed by atoms with Crippen molar-refractivity contribution in [3.63, 3.8) is 0 Å². The lowest BCUT2D eigenvalue weighted by Gasteiger charge is -2.42. The summed E-state index contributed by atoms with van der Waals surface area (Å²) < 4.78 is 88.4. The zero-order valence-corrected chi connectivity index (χ0v) is 21.4. The molecule has 1 aliphatic carbocycles. The summed E-state index contributed by atoms with van der Waals surface area (Å²) in [6.07, 6.45) is -6.77. The Labute approximate surface area is 220 Å². The number of fused-ring (bicyclic) bond motifs is 1. The molecule has 0 spiro atoms. The highest BCUT2D eigenvalue weighted by Crippen LogP contribution is 2.45. The van der Waals surface area contributed by atoms with E-state index in [0.717, 1.165) is 18.2 Å². The maximum absolute atomic E-state index is 14.1. The molecule has 3 aromatic rings. The van der Waals surface area contributed by atoms with E-state index < -0.39 is 40.7 Å². The molecule has 39 heavy (non-hydrogen) atoms. The number of hydrogen-bond donors (Lipinski definition) is 2. The number of rotatable bonds is 5. The standard InChI is InChI=1S/C27H29F6N3O3/c1-24(37)11-18(12-24)36-15-34-22-10-20(9-21(23(22)36)27(31,32)33)39-14-19-13-25(38,7-8-35(19)2)16-3-5-17(6-4-16)26(28,29)30/h3-6,9-10,15,18-19,37-38H,7-8,11-14H2,1-2H3/t18?,19-,24?,25-/m0/s1. The van der Waals surface area contributed by atoms with Crippen LogP contribution in [0.4, 0.5) is 26.3 Å². The first-order valence-corrected chi connectivity index (χ1v) is 12.6. The van der Waals surface area contributed by atoms with Gasteiger partial charge in [0.25, 0.3) is 0 Å². The Hall–Kier alpha value is -2.83. The van der Waals surface area contributed by atoms with Crippen LogP contribution in [0.1, 0.15) is 55.3 Å². The van der Waals surface area contributed by atoms with E-state index in [4.69, 9.17) is 4.74 Å². The number of likely N-dealkylation sites (tertiary alicyclic amines) is 1. The van der Waals surface area contributed by atoms with Crippen LogP contribution in [0.2, 0.25) is 0 Å². The quantitative estimate of drug-likeness (QED) is 0.405. The second-order valence-corrected chi connectivity index (χ2v) is 11.1. The minimum absolute atomic E-state index is 0.0299. The average molecular weight is 558 g/mol. The van der Waals surface area contributed by atoms with Gasteiger partial charge in [-0.1, -0.05) is 12.1 Å². The first-order valence-electron chi connectivity index (χ1n) is 12.6. The van der Waals surface area contributed by atoms with Gasteiger partial charge in [-0.15, -0.1) is 0 Å². The van der Waals surface area contributed by atoms with Crippen LogP contribution in [0.25, 0.3) is 11.0 Å². The molecule has 2 atom stereocenters. The SMILES string of the molecule is CN1CC[C@@](O)(c2ccc(C(F)(F)F)cc2)C[C@H]1COc1cc(C(F)(F)F)c2c(c1)ncn2C1CC(C)(O)C1. The van der Waals surface area contributed by atoms with E-state index in [1.807, 2.05) is 4.90 Å². The molecule has 0 amide bonds. The van der Waals surface area contributed by atoms with Crippen LogP contribution in [0.5, 0.6) is 5.75 Å². The van der Waals surface area contributed by atoms with Gasteiger partial charge < -0.3 is 19.5 Å². The number of nitrogens with zero attached hydrogens (tertiary/aromatic N) is 3. The molecule has 1 saturated heterocycles. The average Bonchev–Trinajstić information content (AvgIpc) is 3.25. The maximum Gasteiger partial charge on any atom is 0.418 e. The van der Waals surface area contributed by atoms with Crippen LogP contribution in [0.3, 0.4) is 0 Å². The van der Waals surface area contributed by atoms with Crippen molar-refractivity contribution in [1.82, 2.24) is 14.5 Å². The van der Waals surface area contributed by atoms with Gasteiger partial charge in [-0.2, -0.15) is 26.3 Å². The fraction of sp³-hybridized carbons (Fsp3) is 0.519. The molecule has 1 saturated carbocycles. The first-order chi connectivity index (χ1) is 18.1. The van der Waals surface area contributed by atoms with Crippen molar-refractivity contribution in [2.24, 2.45) is 0 Å². The van der Waals surface area contributed by atoms with Gasteiger partial charge in [0.1, 0.15) is 12.4 Å². The minimum Gasteiger partial charge on any atom is -0.492 e. The summed E-state index contributed by atoms with van der Waals surface area (Å²) in [7, 11) is 1.79. The highest BCUT2D eigenvalue weighted by atomic mass is 19.4. The summed E-state index contributed by atoms with van der Waals surface area (Å²) in [6, 6.07) is 6.03. The lowest BCUT2D eigenvalue weighted by molar-refractivity contribution is -0.138. The van der Waals surface area contributed by atoms with E-state index in [1.165, 1.54) is 29.1 Å². The van der Waals surface area contributed by atoms with Gasteiger partial charge in [-0.25, -0.2) is 4.98 Å². The largest absolute Gasteiger partial charge is 0.492 e. The molecule has 2 heterocycles. The van der Waals surface area contributed by atoms with Crippen molar-refractivity contribution >= 4 is 11.0 Å². The molecule has 6 nitrogen and oxygen atoms in total. The van der Waals surface area contributed by atoms with Crippen molar-refractivity contribution < 1.29 is 41.3 Å². The lowest BCUT2D eigenvalue weighted by atomic mass is 9.77. The highest BCUT2D eigenvalue weighted by molar-refractivity contribution is 5.82. The van der Waals surface area contributed by atoms with E-state index in [9.17, 15) is 36.6 Å². The van der Waals surface area contributed by atoms with Crippen LogP contribution in [-0.2, 0) is 18.0 Å². The van der Waals surface area contributed by atoms with Crippen LogP contribution in [0, 0.1) is 0 Å². The molecule has 2 N–H and O–H groups in total. The van der Waals surface area contributed by atoms with E-state index in [1.54, 1.807) is 14.0 Å². The maximum atomic E-state index is 14.1. The molecule has 0 bridgehead atoms. The Morgan fingerprint density at radius 1 is 1.00 bits per heavy atom. The topological polar surface area (TPSA) is 70.8 Å². The summed E-state index contributed by atoms with van der Waals surface area (Å²) in [5.41, 5.74) is -3.65. The third-order valence-electron chi connectivity index (χ3n) is 7.96. The Bertz CT molecular complexity index is 1340. The fourth-order valence-corrected chi connectivity index (χ4v) is 5.68.